The Labute approximate surface area is 118 Å². The fourth-order valence-electron chi connectivity index (χ4n) is 1.62. The fraction of sp³-hybridized carbons (Fsp3) is 0.333. The van der Waals surface area contributed by atoms with Crippen LogP contribution in [0, 0.1) is 0 Å². The summed E-state index contributed by atoms with van der Waals surface area (Å²) in [7, 11) is 0. The number of benzene rings is 1. The number of aliphatic carboxylic acids is 1. The number of carbonyl (C=O) groups excluding carboxylic acids is 1. The van der Waals surface area contributed by atoms with Gasteiger partial charge in [-0.15, -0.1) is 0 Å². The number of carboxylic acid groups (broad SMARTS) is 1. The average molecular weight is 276 g/mol. The van der Waals surface area contributed by atoms with Crippen LogP contribution in [-0.4, -0.2) is 23.7 Å². The van der Waals surface area contributed by atoms with Crippen LogP contribution in [0.2, 0.25) is 0 Å². The van der Waals surface area contributed by atoms with E-state index >= 15 is 0 Å². The molecule has 0 atom stereocenters. The van der Waals surface area contributed by atoms with Gasteiger partial charge in [-0.3, -0.25) is 4.79 Å². The summed E-state index contributed by atoms with van der Waals surface area (Å²) < 4.78 is 0. The van der Waals surface area contributed by atoms with Crippen molar-refractivity contribution in [1.29, 1.82) is 0 Å². The first-order valence-corrected chi connectivity index (χ1v) is 6.47. The molecule has 0 unspecified atom stereocenters. The first-order valence-electron chi connectivity index (χ1n) is 6.47. The normalized spacial score (nSPS) is 9.70. The van der Waals surface area contributed by atoms with E-state index in [-0.39, 0.29) is 12.5 Å². The zero-order valence-electron chi connectivity index (χ0n) is 11.8. The minimum Gasteiger partial charge on any atom is -0.481 e. The Morgan fingerprint density at radius 3 is 2.60 bits per heavy atom. The van der Waals surface area contributed by atoms with Crippen LogP contribution in [-0.2, 0) is 11.2 Å². The van der Waals surface area contributed by atoms with E-state index in [4.69, 9.17) is 5.11 Å². The lowest BCUT2D eigenvalue weighted by Crippen LogP contribution is -2.29. The molecule has 2 amide bonds. The molecule has 0 saturated heterocycles. The maximum atomic E-state index is 11.7. The molecule has 0 bridgehead atoms. The molecule has 1 rings (SSSR count). The Morgan fingerprint density at radius 1 is 1.25 bits per heavy atom. The van der Waals surface area contributed by atoms with Gasteiger partial charge in [-0.25, -0.2) is 4.79 Å². The minimum atomic E-state index is -0.854. The Hall–Kier alpha value is -2.30. The highest BCUT2D eigenvalue weighted by atomic mass is 16.4. The number of carbonyl (C=O) groups is 2. The van der Waals surface area contributed by atoms with Gasteiger partial charge in [-0.2, -0.15) is 0 Å². The first-order chi connectivity index (χ1) is 9.49. The highest BCUT2D eigenvalue weighted by Gasteiger charge is 2.07. The lowest BCUT2D eigenvalue weighted by molar-refractivity contribution is -0.136. The summed E-state index contributed by atoms with van der Waals surface area (Å²) in [4.78, 5) is 22.3. The van der Waals surface area contributed by atoms with Gasteiger partial charge in [0.2, 0.25) is 0 Å². The molecular formula is C15H20N2O3. The quantitative estimate of drug-likeness (QED) is 0.699. The van der Waals surface area contributed by atoms with Crippen LogP contribution < -0.4 is 10.6 Å². The van der Waals surface area contributed by atoms with E-state index in [0.29, 0.717) is 18.7 Å². The maximum absolute atomic E-state index is 11.7. The first kappa shape index (κ1) is 15.8. The molecule has 0 saturated carbocycles. The number of hydrogen-bond acceptors (Lipinski definition) is 2. The van der Waals surface area contributed by atoms with Gasteiger partial charge in [-0.1, -0.05) is 29.8 Å². The highest BCUT2D eigenvalue weighted by Crippen LogP contribution is 2.16. The van der Waals surface area contributed by atoms with Crippen LogP contribution >= 0.6 is 0 Å². The largest absolute Gasteiger partial charge is 0.481 e. The van der Waals surface area contributed by atoms with Crippen molar-refractivity contribution in [2.45, 2.75) is 26.7 Å². The molecule has 0 radical (unpaired) electrons. The van der Waals surface area contributed by atoms with Crippen LogP contribution in [0.15, 0.2) is 35.9 Å². The third-order valence-corrected chi connectivity index (χ3v) is 2.65. The number of para-hydroxylation sites is 1. The van der Waals surface area contributed by atoms with Gasteiger partial charge in [-0.05, 0) is 31.9 Å². The van der Waals surface area contributed by atoms with E-state index in [1.54, 1.807) is 12.1 Å². The molecular weight excluding hydrogens is 256 g/mol. The van der Waals surface area contributed by atoms with E-state index < -0.39 is 5.97 Å². The molecule has 0 fully saturated rings. The van der Waals surface area contributed by atoms with E-state index in [9.17, 15) is 9.59 Å². The molecule has 0 aliphatic carbocycles. The van der Waals surface area contributed by atoms with Gasteiger partial charge < -0.3 is 15.7 Å². The van der Waals surface area contributed by atoms with Crippen LogP contribution in [0.5, 0.6) is 0 Å². The van der Waals surface area contributed by atoms with Crippen molar-refractivity contribution in [3.63, 3.8) is 0 Å². The highest BCUT2D eigenvalue weighted by molar-refractivity contribution is 5.90. The topological polar surface area (TPSA) is 78.4 Å². The fourth-order valence-corrected chi connectivity index (χ4v) is 1.62. The SMILES string of the molecule is CC(C)=CCNC(=O)Nc1ccccc1CCC(=O)O. The van der Waals surface area contributed by atoms with Crippen molar-refractivity contribution in [2.24, 2.45) is 0 Å². The zero-order chi connectivity index (χ0) is 15.0. The second-order valence-corrected chi connectivity index (χ2v) is 4.67. The Bertz CT molecular complexity index is 506. The predicted octanol–water partition coefficient (Wildman–Crippen LogP) is 2.79. The van der Waals surface area contributed by atoms with Crippen molar-refractivity contribution in [3.05, 3.63) is 41.5 Å². The summed E-state index contributed by atoms with van der Waals surface area (Å²) in [6, 6.07) is 6.90. The molecule has 0 aliphatic rings. The van der Waals surface area contributed by atoms with Crippen molar-refractivity contribution >= 4 is 17.7 Å². The molecule has 20 heavy (non-hydrogen) atoms. The van der Waals surface area contributed by atoms with Gasteiger partial charge in [0.15, 0.2) is 0 Å². The third-order valence-electron chi connectivity index (χ3n) is 2.65. The van der Waals surface area contributed by atoms with E-state index in [1.165, 1.54) is 0 Å². The monoisotopic (exact) mass is 276 g/mol. The second kappa shape index (κ2) is 7.99. The van der Waals surface area contributed by atoms with E-state index in [0.717, 1.165) is 11.1 Å². The summed E-state index contributed by atoms with van der Waals surface area (Å²) in [6.07, 6.45) is 2.34. The minimum absolute atomic E-state index is 0.0398. The molecule has 5 heteroatoms. The van der Waals surface area contributed by atoms with Gasteiger partial charge in [0.25, 0.3) is 0 Å². The predicted molar refractivity (Wildman–Crippen MR) is 78.9 cm³/mol. The van der Waals surface area contributed by atoms with Gasteiger partial charge in [0.05, 0.1) is 0 Å². The van der Waals surface area contributed by atoms with Crippen molar-refractivity contribution in [1.82, 2.24) is 5.32 Å². The molecule has 0 heterocycles. The number of urea groups is 1. The molecule has 3 N–H and O–H groups in total. The number of carboxylic acids is 1. The van der Waals surface area contributed by atoms with Crippen LogP contribution in [0.25, 0.3) is 0 Å². The summed E-state index contributed by atoms with van der Waals surface area (Å²) in [5.41, 5.74) is 2.59. The molecule has 0 spiro atoms. The number of aryl methyl sites for hydroxylation is 1. The number of nitrogens with one attached hydrogen (secondary N) is 2. The molecule has 1 aromatic carbocycles. The Morgan fingerprint density at radius 2 is 1.95 bits per heavy atom. The number of amides is 2. The van der Waals surface area contributed by atoms with Crippen molar-refractivity contribution in [2.75, 3.05) is 11.9 Å². The standard InChI is InChI=1S/C15H20N2O3/c1-11(2)9-10-16-15(20)17-13-6-4-3-5-12(13)7-8-14(18)19/h3-6,9H,7-8,10H2,1-2H3,(H,18,19)(H2,16,17,20). The smallest absolute Gasteiger partial charge is 0.319 e. The summed E-state index contributed by atoms with van der Waals surface area (Å²) >= 11 is 0. The van der Waals surface area contributed by atoms with E-state index in [1.807, 2.05) is 32.1 Å². The van der Waals surface area contributed by atoms with Crippen LogP contribution in [0.1, 0.15) is 25.8 Å². The third kappa shape index (κ3) is 6.04. The van der Waals surface area contributed by atoms with Crippen molar-refractivity contribution in [3.8, 4) is 0 Å². The van der Waals surface area contributed by atoms with Gasteiger partial charge >= 0.3 is 12.0 Å². The maximum Gasteiger partial charge on any atom is 0.319 e. The number of hydrogen-bond donors (Lipinski definition) is 3. The number of anilines is 1. The van der Waals surface area contributed by atoms with Gasteiger partial charge in [0.1, 0.15) is 0 Å². The summed E-state index contributed by atoms with van der Waals surface area (Å²) in [5.74, 6) is -0.854. The Balaban J connectivity index is 2.60. The molecule has 0 aromatic heterocycles. The summed E-state index contributed by atoms with van der Waals surface area (Å²) in [6.45, 7) is 4.38. The zero-order valence-corrected chi connectivity index (χ0v) is 11.8. The van der Waals surface area contributed by atoms with E-state index in [2.05, 4.69) is 10.6 Å². The van der Waals surface area contributed by atoms with Crippen LogP contribution in [0.3, 0.4) is 0 Å². The Kier molecular flexibility index (Phi) is 6.29. The lowest BCUT2D eigenvalue weighted by Gasteiger charge is -2.10. The number of allylic oxidation sites excluding steroid dienone is 1. The molecule has 108 valence electrons. The molecule has 0 aliphatic heterocycles. The lowest BCUT2D eigenvalue weighted by atomic mass is 10.1. The second-order valence-electron chi connectivity index (χ2n) is 4.67. The van der Waals surface area contributed by atoms with Crippen molar-refractivity contribution < 1.29 is 14.7 Å². The molecule has 1 aromatic rings. The van der Waals surface area contributed by atoms with Crippen LogP contribution in [0.4, 0.5) is 10.5 Å². The average Bonchev–Trinajstić information content (AvgIpc) is 2.37. The number of rotatable bonds is 6. The van der Waals surface area contributed by atoms with Gasteiger partial charge in [0, 0.05) is 18.7 Å². The summed E-state index contributed by atoms with van der Waals surface area (Å²) in [5, 5.41) is 14.2. The molecule has 5 nitrogen and oxygen atoms in total.